The molecule has 0 aliphatic heterocycles. The van der Waals surface area contributed by atoms with Crippen LogP contribution in [0.15, 0.2) is 0 Å². The molecule has 0 atom stereocenters. The van der Waals surface area contributed by atoms with Crippen molar-refractivity contribution in [3.8, 4) is 0 Å². The van der Waals surface area contributed by atoms with E-state index in [1.165, 1.54) is 12.8 Å². The van der Waals surface area contributed by atoms with Crippen molar-refractivity contribution in [2.45, 2.75) is 26.7 Å². The number of rotatable bonds is 1. The van der Waals surface area contributed by atoms with Gasteiger partial charge < -0.3 is 0 Å². The van der Waals surface area contributed by atoms with E-state index in [0.29, 0.717) is 6.13 Å². The second kappa shape index (κ2) is 15.8. The first-order chi connectivity index (χ1) is 3.33. The maximum atomic E-state index is 4.18. The van der Waals surface area contributed by atoms with Crippen molar-refractivity contribution in [2.75, 3.05) is 0 Å². The Morgan fingerprint density at radius 1 is 1.14 bits per heavy atom. The molecular weight excluding hydrogens is 143 g/mol. The van der Waals surface area contributed by atoms with Crippen LogP contribution in [-0.2, 0) is 23.6 Å². The van der Waals surface area contributed by atoms with Crippen molar-refractivity contribution in [1.29, 1.82) is 0 Å². The summed E-state index contributed by atoms with van der Waals surface area (Å²) in [5, 5.41) is 0. The van der Waals surface area contributed by atoms with E-state index in [-0.39, 0.29) is 0 Å². The Balaban J connectivity index is 0. The zero-order chi connectivity index (χ0) is 6.12. The van der Waals surface area contributed by atoms with Gasteiger partial charge in [0.2, 0.25) is 0 Å². The SMILES string of the molecule is CCCC.S=[P+]=S. The number of hydrogen-bond donors (Lipinski definition) is 0. The van der Waals surface area contributed by atoms with Gasteiger partial charge in [-0.25, -0.2) is 0 Å². The van der Waals surface area contributed by atoms with Crippen molar-refractivity contribution in [1.82, 2.24) is 0 Å². The minimum atomic E-state index is 0.583. The van der Waals surface area contributed by atoms with Crippen LogP contribution < -0.4 is 0 Å². The van der Waals surface area contributed by atoms with E-state index in [2.05, 4.69) is 37.5 Å². The molecule has 3 heteroatoms. The fourth-order valence-corrected chi connectivity index (χ4v) is 0. The molecule has 0 aliphatic carbocycles. The molecule has 0 aliphatic rings. The van der Waals surface area contributed by atoms with Crippen LogP contribution in [0.5, 0.6) is 0 Å². The summed E-state index contributed by atoms with van der Waals surface area (Å²) in [6.45, 7) is 4.36. The molecule has 0 saturated heterocycles. The molecule has 7 heavy (non-hydrogen) atoms. The van der Waals surface area contributed by atoms with Gasteiger partial charge in [0.25, 0.3) is 0 Å². The van der Waals surface area contributed by atoms with Gasteiger partial charge >= 0.3 is 29.7 Å². The van der Waals surface area contributed by atoms with Crippen molar-refractivity contribution in [3.05, 3.63) is 0 Å². The second-order valence-electron chi connectivity index (χ2n) is 1.07. The maximum absolute atomic E-state index is 4.18. The van der Waals surface area contributed by atoms with Crippen LogP contribution in [0, 0.1) is 0 Å². The predicted molar refractivity (Wildman–Crippen MR) is 42.2 cm³/mol. The van der Waals surface area contributed by atoms with Gasteiger partial charge in [0.05, 0.1) is 0 Å². The first-order valence-corrected chi connectivity index (χ1v) is 5.20. The van der Waals surface area contributed by atoms with Crippen molar-refractivity contribution < 1.29 is 0 Å². The van der Waals surface area contributed by atoms with E-state index in [1.807, 2.05) is 0 Å². The van der Waals surface area contributed by atoms with Gasteiger partial charge in [-0.3, -0.25) is 0 Å². The summed E-state index contributed by atoms with van der Waals surface area (Å²) >= 11 is 8.36. The molecule has 0 unspecified atom stereocenters. The summed E-state index contributed by atoms with van der Waals surface area (Å²) in [6.07, 6.45) is 3.22. The normalized spacial score (nSPS) is 5.43. The van der Waals surface area contributed by atoms with E-state index in [4.69, 9.17) is 0 Å². The summed E-state index contributed by atoms with van der Waals surface area (Å²) in [4.78, 5) is 0. The number of unbranched alkanes of at least 4 members (excludes halogenated alkanes) is 1. The Kier molecular flexibility index (Phi) is 24.3. The van der Waals surface area contributed by atoms with Gasteiger partial charge in [0.1, 0.15) is 0 Å². The summed E-state index contributed by atoms with van der Waals surface area (Å²) in [5.41, 5.74) is 0. The second-order valence-corrected chi connectivity index (χ2v) is 3.01. The van der Waals surface area contributed by atoms with Crippen LogP contribution in [0.25, 0.3) is 0 Å². The Morgan fingerprint density at radius 2 is 1.29 bits per heavy atom. The first-order valence-electron chi connectivity index (χ1n) is 2.28. The molecule has 0 spiro atoms. The molecule has 0 bridgehead atoms. The molecule has 42 valence electrons. The van der Waals surface area contributed by atoms with Crippen LogP contribution in [0.1, 0.15) is 26.7 Å². The summed E-state index contributed by atoms with van der Waals surface area (Å²) in [7, 11) is 0. The van der Waals surface area contributed by atoms with Gasteiger partial charge in [-0.15, -0.1) is 0 Å². The molecule has 0 aromatic carbocycles. The Hall–Kier alpha value is 0.870. The molecule has 0 saturated carbocycles. The van der Waals surface area contributed by atoms with Crippen molar-refractivity contribution >= 4 is 29.7 Å². The quantitative estimate of drug-likeness (QED) is 0.531. The van der Waals surface area contributed by atoms with Crippen LogP contribution in [-0.4, -0.2) is 0 Å². The van der Waals surface area contributed by atoms with Gasteiger partial charge in [-0.05, 0) is 0 Å². The van der Waals surface area contributed by atoms with E-state index in [0.717, 1.165) is 0 Å². The van der Waals surface area contributed by atoms with Crippen LogP contribution in [0.4, 0.5) is 0 Å². The molecule has 0 amide bonds. The van der Waals surface area contributed by atoms with Crippen molar-refractivity contribution in [2.24, 2.45) is 0 Å². The van der Waals surface area contributed by atoms with Gasteiger partial charge in [-0.2, -0.15) is 0 Å². The minimum absolute atomic E-state index is 0.583. The Bertz CT molecular complexity index is 45.7. The van der Waals surface area contributed by atoms with Gasteiger partial charge in [0, 0.05) is 0 Å². The molecular formula is C4H10PS2+. The van der Waals surface area contributed by atoms with E-state index < -0.39 is 0 Å². The summed E-state index contributed by atoms with van der Waals surface area (Å²) in [6, 6.07) is 0. The monoisotopic (exact) mass is 153 g/mol. The van der Waals surface area contributed by atoms with Gasteiger partial charge in [0.15, 0.2) is 0 Å². The molecule has 0 nitrogen and oxygen atoms in total. The molecule has 0 fully saturated rings. The summed E-state index contributed by atoms with van der Waals surface area (Å²) < 4.78 is 0. The van der Waals surface area contributed by atoms with Gasteiger partial charge in [-0.1, -0.05) is 26.7 Å². The van der Waals surface area contributed by atoms with Crippen LogP contribution in [0.2, 0.25) is 0 Å². The molecule has 0 N–H and O–H groups in total. The molecule has 0 aromatic heterocycles. The van der Waals surface area contributed by atoms with Crippen molar-refractivity contribution in [3.63, 3.8) is 0 Å². The Morgan fingerprint density at radius 3 is 1.29 bits per heavy atom. The zero-order valence-electron chi connectivity index (χ0n) is 4.68. The number of hydrogen-bond acceptors (Lipinski definition) is 2. The fourth-order valence-electron chi connectivity index (χ4n) is 0. The topological polar surface area (TPSA) is 0 Å². The third kappa shape index (κ3) is 46.6. The fraction of sp³-hybridized carbons (Fsp3) is 1.00. The average molecular weight is 153 g/mol. The average Bonchev–Trinajstić information content (AvgIpc) is 1.69. The molecule has 0 rings (SSSR count). The standard InChI is InChI=1S/C4H10.PS2/c1-3-4-2;2-1-3/h3-4H2,1-2H3;/q;+1. The molecule has 0 radical (unpaired) electrons. The molecule has 0 aromatic rings. The third-order valence-electron chi connectivity index (χ3n) is 0.500. The predicted octanol–water partition coefficient (Wildman–Crippen LogP) is 2.66. The van der Waals surface area contributed by atoms with E-state index in [9.17, 15) is 0 Å². The van der Waals surface area contributed by atoms with Crippen LogP contribution >= 0.6 is 6.13 Å². The molecule has 0 heterocycles. The Labute approximate surface area is 56.8 Å². The summed E-state index contributed by atoms with van der Waals surface area (Å²) in [5.74, 6) is 0. The zero-order valence-corrected chi connectivity index (χ0v) is 7.21. The first kappa shape index (κ1) is 10.8. The third-order valence-corrected chi connectivity index (χ3v) is 0.500. The van der Waals surface area contributed by atoms with E-state index in [1.54, 1.807) is 0 Å². The van der Waals surface area contributed by atoms with E-state index >= 15 is 0 Å². The van der Waals surface area contributed by atoms with Crippen LogP contribution in [0.3, 0.4) is 0 Å².